The topological polar surface area (TPSA) is 110 Å². The maximum absolute atomic E-state index is 12.8. The molecule has 2 heterocycles. The maximum Gasteiger partial charge on any atom is 0.262 e. The third-order valence-corrected chi connectivity index (χ3v) is 6.55. The molecule has 10 heteroatoms. The SMILES string of the molecule is CN(C)C(CNC(=O)c1ccc(NS(=O)(=O)c2ccc3c(c2)OCCO3)cc1)c1ccco1. The second-order valence-electron chi connectivity index (χ2n) is 7.69. The molecule has 1 aromatic heterocycles. The van der Waals surface area contributed by atoms with Gasteiger partial charge in [0.05, 0.1) is 17.2 Å². The van der Waals surface area contributed by atoms with E-state index in [0.29, 0.717) is 42.5 Å². The van der Waals surface area contributed by atoms with E-state index in [1.54, 1.807) is 42.7 Å². The first-order valence-electron chi connectivity index (χ1n) is 10.3. The third-order valence-electron chi connectivity index (χ3n) is 5.17. The highest BCUT2D eigenvalue weighted by Crippen LogP contribution is 2.32. The Kier molecular flexibility index (Phi) is 6.57. The van der Waals surface area contributed by atoms with Crippen molar-refractivity contribution in [2.75, 3.05) is 38.6 Å². The van der Waals surface area contributed by atoms with Crippen molar-refractivity contribution in [1.29, 1.82) is 0 Å². The summed E-state index contributed by atoms with van der Waals surface area (Å²) in [6.45, 7) is 1.15. The van der Waals surface area contributed by atoms with E-state index in [2.05, 4.69) is 10.0 Å². The van der Waals surface area contributed by atoms with Crippen LogP contribution < -0.4 is 19.5 Å². The molecular formula is C23H25N3O6S. The number of rotatable bonds is 8. The van der Waals surface area contributed by atoms with Crippen molar-refractivity contribution in [1.82, 2.24) is 10.2 Å². The van der Waals surface area contributed by atoms with Crippen molar-refractivity contribution < 1.29 is 27.1 Å². The maximum atomic E-state index is 12.8. The summed E-state index contributed by atoms with van der Waals surface area (Å²) in [5.74, 6) is 1.39. The minimum absolute atomic E-state index is 0.0567. The second-order valence-corrected chi connectivity index (χ2v) is 9.38. The lowest BCUT2D eigenvalue weighted by atomic mass is 10.1. The summed E-state index contributed by atoms with van der Waals surface area (Å²) < 4.78 is 44.4. The third kappa shape index (κ3) is 5.29. The summed E-state index contributed by atoms with van der Waals surface area (Å²) in [6.07, 6.45) is 1.60. The van der Waals surface area contributed by atoms with Crippen LogP contribution in [0.3, 0.4) is 0 Å². The molecule has 1 unspecified atom stereocenters. The number of hydrogen-bond acceptors (Lipinski definition) is 7. The Hall–Kier alpha value is -3.50. The van der Waals surface area contributed by atoms with E-state index in [4.69, 9.17) is 13.9 Å². The van der Waals surface area contributed by atoms with E-state index in [9.17, 15) is 13.2 Å². The number of sulfonamides is 1. The van der Waals surface area contributed by atoms with Crippen LogP contribution in [-0.2, 0) is 10.0 Å². The highest BCUT2D eigenvalue weighted by atomic mass is 32.2. The highest BCUT2D eigenvalue weighted by molar-refractivity contribution is 7.92. The zero-order valence-electron chi connectivity index (χ0n) is 18.3. The van der Waals surface area contributed by atoms with Gasteiger partial charge in [0.15, 0.2) is 11.5 Å². The zero-order valence-corrected chi connectivity index (χ0v) is 19.1. The molecule has 0 spiro atoms. The molecule has 0 radical (unpaired) electrons. The molecule has 9 nitrogen and oxygen atoms in total. The van der Waals surface area contributed by atoms with E-state index < -0.39 is 10.0 Å². The van der Waals surface area contributed by atoms with Crippen molar-refractivity contribution in [2.24, 2.45) is 0 Å². The summed E-state index contributed by atoms with van der Waals surface area (Å²) in [4.78, 5) is 14.6. The number of carbonyl (C=O) groups is 1. The van der Waals surface area contributed by atoms with Gasteiger partial charge in [-0.15, -0.1) is 0 Å². The number of ether oxygens (including phenoxy) is 2. The van der Waals surface area contributed by atoms with Gasteiger partial charge in [-0.25, -0.2) is 8.42 Å². The van der Waals surface area contributed by atoms with Gasteiger partial charge in [-0.2, -0.15) is 0 Å². The number of furan rings is 1. The molecule has 0 bridgehead atoms. The Labute approximate surface area is 192 Å². The molecule has 0 saturated heterocycles. The lowest BCUT2D eigenvalue weighted by molar-refractivity contribution is 0.0939. The van der Waals surface area contributed by atoms with Crippen molar-refractivity contribution in [3.8, 4) is 11.5 Å². The van der Waals surface area contributed by atoms with Gasteiger partial charge in [0, 0.05) is 23.9 Å². The first-order valence-corrected chi connectivity index (χ1v) is 11.8. The summed E-state index contributed by atoms with van der Waals surface area (Å²) in [6, 6.07) is 14.2. The standard InChI is InChI=1S/C23H25N3O6S/c1-26(2)19(20-4-3-11-30-20)15-24-23(27)16-5-7-17(8-6-16)25-33(28,29)18-9-10-21-22(14-18)32-13-12-31-21/h3-11,14,19,25H,12-13,15H2,1-2H3,(H,24,27). The summed E-state index contributed by atoms with van der Waals surface area (Å²) >= 11 is 0. The fourth-order valence-electron chi connectivity index (χ4n) is 3.40. The van der Waals surface area contributed by atoms with Gasteiger partial charge in [0.25, 0.3) is 15.9 Å². The normalized spacial score (nSPS) is 14.0. The summed E-state index contributed by atoms with van der Waals surface area (Å²) in [5.41, 5.74) is 0.748. The molecule has 0 saturated carbocycles. The van der Waals surface area contributed by atoms with E-state index in [1.165, 1.54) is 12.1 Å². The number of nitrogens with zero attached hydrogens (tertiary/aromatic N) is 1. The smallest absolute Gasteiger partial charge is 0.262 e. The van der Waals surface area contributed by atoms with Gasteiger partial charge in [-0.1, -0.05) is 0 Å². The number of hydrogen-bond donors (Lipinski definition) is 2. The number of benzene rings is 2. The van der Waals surface area contributed by atoms with Crippen molar-refractivity contribution >= 4 is 21.6 Å². The molecule has 2 aromatic carbocycles. The number of carbonyl (C=O) groups excluding carboxylic acids is 1. The monoisotopic (exact) mass is 471 g/mol. The van der Waals surface area contributed by atoms with Gasteiger partial charge < -0.3 is 19.2 Å². The van der Waals surface area contributed by atoms with Crippen LogP contribution in [0.25, 0.3) is 0 Å². The van der Waals surface area contributed by atoms with Gasteiger partial charge in [-0.05, 0) is 62.6 Å². The molecular weight excluding hydrogens is 446 g/mol. The van der Waals surface area contributed by atoms with Crippen molar-refractivity contribution in [3.05, 3.63) is 72.2 Å². The van der Waals surface area contributed by atoms with E-state index in [0.717, 1.165) is 5.76 Å². The highest BCUT2D eigenvalue weighted by Gasteiger charge is 2.21. The van der Waals surface area contributed by atoms with Gasteiger partial charge in [0.2, 0.25) is 0 Å². The molecule has 2 N–H and O–H groups in total. The van der Waals surface area contributed by atoms with E-state index >= 15 is 0 Å². The minimum Gasteiger partial charge on any atom is -0.486 e. The first-order chi connectivity index (χ1) is 15.8. The number of anilines is 1. The van der Waals surface area contributed by atoms with Crippen LogP contribution in [0.4, 0.5) is 5.69 Å². The van der Waals surface area contributed by atoms with E-state index in [1.807, 2.05) is 25.1 Å². The van der Waals surface area contributed by atoms with Crippen LogP contribution in [-0.4, -0.2) is 53.1 Å². The van der Waals surface area contributed by atoms with Crippen LogP contribution in [0, 0.1) is 0 Å². The van der Waals surface area contributed by atoms with Crippen molar-refractivity contribution in [2.45, 2.75) is 10.9 Å². The Morgan fingerprint density at radius 3 is 2.42 bits per heavy atom. The van der Waals surface area contributed by atoms with E-state index in [-0.39, 0.29) is 16.8 Å². The molecule has 1 aliphatic heterocycles. The average molecular weight is 472 g/mol. The Morgan fingerprint density at radius 2 is 1.76 bits per heavy atom. The predicted molar refractivity (Wildman–Crippen MR) is 122 cm³/mol. The molecule has 3 aromatic rings. The van der Waals surface area contributed by atoms with Crippen LogP contribution in [0.2, 0.25) is 0 Å². The molecule has 0 aliphatic carbocycles. The van der Waals surface area contributed by atoms with Crippen LogP contribution >= 0.6 is 0 Å². The molecule has 1 aliphatic rings. The fourth-order valence-corrected chi connectivity index (χ4v) is 4.48. The quantitative estimate of drug-likeness (QED) is 0.520. The van der Waals surface area contributed by atoms with Gasteiger partial charge in [0.1, 0.15) is 19.0 Å². The van der Waals surface area contributed by atoms with Gasteiger partial charge >= 0.3 is 0 Å². The Balaban J connectivity index is 1.40. The number of amides is 1. The lowest BCUT2D eigenvalue weighted by Gasteiger charge is -2.22. The fraction of sp³-hybridized carbons (Fsp3) is 0.261. The number of likely N-dealkylation sites (N-methyl/N-ethyl adjacent to an activating group) is 1. The minimum atomic E-state index is -3.84. The zero-order chi connectivity index (χ0) is 23.4. The lowest BCUT2D eigenvalue weighted by Crippen LogP contribution is -2.34. The molecule has 1 atom stereocenters. The van der Waals surface area contributed by atoms with Crippen LogP contribution in [0.15, 0.2) is 70.2 Å². The Morgan fingerprint density at radius 1 is 1.03 bits per heavy atom. The molecule has 33 heavy (non-hydrogen) atoms. The number of nitrogens with one attached hydrogen (secondary N) is 2. The Bertz CT molecular complexity index is 1210. The molecule has 4 rings (SSSR count). The van der Waals surface area contributed by atoms with Crippen LogP contribution in [0.5, 0.6) is 11.5 Å². The first kappa shape index (κ1) is 22.7. The predicted octanol–water partition coefficient (Wildman–Crippen LogP) is 2.88. The number of fused-ring (bicyclic) bond motifs is 1. The summed E-state index contributed by atoms with van der Waals surface area (Å²) in [7, 11) is -0.0286. The second kappa shape index (κ2) is 9.55. The van der Waals surface area contributed by atoms with Crippen molar-refractivity contribution in [3.63, 3.8) is 0 Å². The van der Waals surface area contributed by atoms with Crippen LogP contribution in [0.1, 0.15) is 22.2 Å². The van der Waals surface area contributed by atoms with Gasteiger partial charge in [-0.3, -0.25) is 14.4 Å². The molecule has 174 valence electrons. The molecule has 0 fully saturated rings. The molecule has 1 amide bonds. The summed E-state index contributed by atoms with van der Waals surface area (Å²) in [5, 5.41) is 2.89. The average Bonchev–Trinajstić information content (AvgIpc) is 3.33. The largest absolute Gasteiger partial charge is 0.486 e.